The molecule has 4 rings (SSSR count). The molecule has 1 amide bonds. The topological polar surface area (TPSA) is 136 Å². The molecule has 2 N–H and O–H groups in total. The van der Waals surface area contributed by atoms with Crippen LogP contribution in [0.2, 0.25) is 0 Å². The molecule has 3 aromatic carbocycles. The number of nitro groups is 1. The zero-order valence-electron chi connectivity index (χ0n) is 18.8. The van der Waals surface area contributed by atoms with Gasteiger partial charge >= 0.3 is 0 Å². The van der Waals surface area contributed by atoms with Crippen LogP contribution in [0, 0.1) is 24.0 Å². The summed E-state index contributed by atoms with van der Waals surface area (Å²) in [5.41, 5.74) is 2.78. The number of aryl methyl sites for hydroxylation is 1. The van der Waals surface area contributed by atoms with Gasteiger partial charge in [-0.3, -0.25) is 19.6 Å². The molecule has 0 aliphatic rings. The van der Waals surface area contributed by atoms with Crippen LogP contribution in [0.1, 0.15) is 21.7 Å². The molecule has 0 fully saturated rings. The van der Waals surface area contributed by atoms with Gasteiger partial charge in [-0.15, -0.1) is 0 Å². The summed E-state index contributed by atoms with van der Waals surface area (Å²) in [7, 11) is -4.21. The second-order valence-corrected chi connectivity index (χ2v) is 9.31. The Morgan fingerprint density at radius 2 is 1.57 bits per heavy atom. The van der Waals surface area contributed by atoms with Gasteiger partial charge in [-0.25, -0.2) is 13.1 Å². The third-order valence-corrected chi connectivity index (χ3v) is 6.71. The Bertz CT molecular complexity index is 1510. The summed E-state index contributed by atoms with van der Waals surface area (Å²) < 4.78 is 29.4. The number of rotatable bonds is 7. The molecule has 0 radical (unpaired) electrons. The van der Waals surface area contributed by atoms with Crippen molar-refractivity contribution in [2.24, 2.45) is 0 Å². The fourth-order valence-corrected chi connectivity index (χ4v) is 4.80. The third kappa shape index (κ3) is 4.89. The Labute approximate surface area is 201 Å². The lowest BCUT2D eigenvalue weighted by Crippen LogP contribution is -2.15. The van der Waals surface area contributed by atoms with E-state index in [1.165, 1.54) is 36.4 Å². The van der Waals surface area contributed by atoms with Crippen molar-refractivity contribution < 1.29 is 18.1 Å². The number of hydrogen-bond donors (Lipinski definition) is 2. The van der Waals surface area contributed by atoms with Crippen LogP contribution in [0.4, 0.5) is 17.1 Å². The molecule has 1 heterocycles. The van der Waals surface area contributed by atoms with Crippen LogP contribution in [0.5, 0.6) is 0 Å². The van der Waals surface area contributed by atoms with Gasteiger partial charge in [0.15, 0.2) is 4.90 Å². The van der Waals surface area contributed by atoms with E-state index in [2.05, 4.69) is 15.1 Å². The van der Waals surface area contributed by atoms with Gasteiger partial charge in [-0.05, 0) is 56.3 Å². The van der Waals surface area contributed by atoms with Crippen LogP contribution in [0.15, 0.2) is 83.8 Å². The van der Waals surface area contributed by atoms with Crippen molar-refractivity contribution >= 4 is 33.0 Å². The summed E-state index contributed by atoms with van der Waals surface area (Å²) in [6, 6.07) is 20.3. The van der Waals surface area contributed by atoms with Crippen molar-refractivity contribution in [3.05, 3.63) is 106 Å². The number of amides is 1. The Balaban J connectivity index is 1.52. The molecule has 178 valence electrons. The Hall–Kier alpha value is -4.51. The van der Waals surface area contributed by atoms with Gasteiger partial charge in [0, 0.05) is 17.3 Å². The molecular weight excluding hydrogens is 470 g/mol. The van der Waals surface area contributed by atoms with Crippen LogP contribution in [0.3, 0.4) is 0 Å². The molecule has 35 heavy (non-hydrogen) atoms. The average molecular weight is 492 g/mol. The highest BCUT2D eigenvalue weighted by atomic mass is 32.2. The lowest BCUT2D eigenvalue weighted by Gasteiger charge is -2.10. The number of carbonyl (C=O) groups is 1. The van der Waals surface area contributed by atoms with Crippen molar-refractivity contribution in [1.29, 1.82) is 0 Å². The minimum atomic E-state index is -4.21. The van der Waals surface area contributed by atoms with E-state index < -0.39 is 31.4 Å². The molecule has 0 aliphatic carbocycles. The number of aromatic nitrogens is 2. The summed E-state index contributed by atoms with van der Waals surface area (Å²) in [6.45, 7) is 3.64. The summed E-state index contributed by atoms with van der Waals surface area (Å²) in [5.74, 6) is -0.392. The van der Waals surface area contributed by atoms with Crippen LogP contribution in [-0.4, -0.2) is 29.0 Å². The van der Waals surface area contributed by atoms with Crippen molar-refractivity contribution in [1.82, 2.24) is 9.78 Å². The molecule has 0 saturated carbocycles. The minimum absolute atomic E-state index is 0.156. The van der Waals surface area contributed by atoms with Gasteiger partial charge in [-0.1, -0.05) is 30.3 Å². The largest absolute Gasteiger partial charge is 0.319 e. The van der Waals surface area contributed by atoms with E-state index in [1.54, 1.807) is 11.6 Å². The van der Waals surface area contributed by atoms with E-state index in [1.807, 2.05) is 37.3 Å². The zero-order chi connectivity index (χ0) is 25.2. The van der Waals surface area contributed by atoms with E-state index >= 15 is 0 Å². The zero-order valence-corrected chi connectivity index (χ0v) is 19.6. The molecular formula is C24H21N5O5S. The summed E-state index contributed by atoms with van der Waals surface area (Å²) >= 11 is 0. The number of anilines is 2. The first kappa shape index (κ1) is 23.6. The van der Waals surface area contributed by atoms with Gasteiger partial charge in [0.1, 0.15) is 0 Å². The smallest absolute Gasteiger partial charge is 0.289 e. The van der Waals surface area contributed by atoms with E-state index in [4.69, 9.17) is 0 Å². The fraction of sp³-hybridized carbons (Fsp3) is 0.0833. The monoisotopic (exact) mass is 491 g/mol. The number of nitro benzene ring substituents is 1. The van der Waals surface area contributed by atoms with Crippen LogP contribution >= 0.6 is 0 Å². The SMILES string of the molecule is Cc1nn(-c2ccccc2)c(C)c1NC(=O)c1ccc(NS(=O)(=O)c2ccccc2[N+](=O)[O-])cc1. The first-order chi connectivity index (χ1) is 16.7. The normalized spacial score (nSPS) is 11.1. The molecule has 0 aliphatic heterocycles. The molecule has 0 unspecified atom stereocenters. The van der Waals surface area contributed by atoms with E-state index in [0.717, 1.165) is 23.5 Å². The van der Waals surface area contributed by atoms with Gasteiger partial charge in [-0.2, -0.15) is 5.10 Å². The second kappa shape index (κ2) is 9.39. The highest BCUT2D eigenvalue weighted by Crippen LogP contribution is 2.26. The molecule has 1 aromatic heterocycles. The Morgan fingerprint density at radius 3 is 2.23 bits per heavy atom. The van der Waals surface area contributed by atoms with Crippen molar-refractivity contribution in [3.63, 3.8) is 0 Å². The van der Waals surface area contributed by atoms with Gasteiger partial charge < -0.3 is 5.32 Å². The number of carbonyl (C=O) groups excluding carboxylic acids is 1. The number of nitrogens with zero attached hydrogens (tertiary/aromatic N) is 3. The fourth-order valence-electron chi connectivity index (χ4n) is 3.56. The van der Waals surface area contributed by atoms with Crippen LogP contribution in [0.25, 0.3) is 5.69 Å². The molecule has 0 bridgehead atoms. The average Bonchev–Trinajstić information content (AvgIpc) is 3.13. The number of nitrogens with one attached hydrogen (secondary N) is 2. The Kier molecular flexibility index (Phi) is 6.34. The summed E-state index contributed by atoms with van der Waals surface area (Å²) in [4.78, 5) is 22.8. The highest BCUT2D eigenvalue weighted by Gasteiger charge is 2.25. The minimum Gasteiger partial charge on any atom is -0.319 e. The second-order valence-electron chi connectivity index (χ2n) is 7.65. The summed E-state index contributed by atoms with van der Waals surface area (Å²) in [5, 5.41) is 18.6. The standard InChI is InChI=1S/C24H21N5O5S/c1-16-23(17(2)28(26-16)20-8-4-3-5-9-20)25-24(30)18-12-14-19(15-13-18)27-35(33,34)22-11-7-6-10-21(22)29(31)32/h3-15,27H,1-2H3,(H,25,30). The van der Waals surface area contributed by atoms with Gasteiger partial charge in [0.05, 0.1) is 27.7 Å². The molecule has 0 saturated heterocycles. The molecule has 4 aromatic rings. The summed E-state index contributed by atoms with van der Waals surface area (Å²) in [6.07, 6.45) is 0. The van der Waals surface area contributed by atoms with Crippen molar-refractivity contribution in [3.8, 4) is 5.69 Å². The Morgan fingerprint density at radius 1 is 0.943 bits per heavy atom. The van der Waals surface area contributed by atoms with Crippen molar-refractivity contribution in [2.75, 3.05) is 10.0 Å². The first-order valence-electron chi connectivity index (χ1n) is 10.5. The number of hydrogen-bond acceptors (Lipinski definition) is 6. The van der Waals surface area contributed by atoms with E-state index in [-0.39, 0.29) is 5.69 Å². The third-order valence-electron chi connectivity index (χ3n) is 5.28. The van der Waals surface area contributed by atoms with E-state index in [0.29, 0.717) is 16.9 Å². The lowest BCUT2D eigenvalue weighted by atomic mass is 10.2. The number of benzene rings is 3. The maximum absolute atomic E-state index is 12.8. The predicted octanol–water partition coefficient (Wildman–Crippen LogP) is 4.45. The predicted molar refractivity (Wildman–Crippen MR) is 131 cm³/mol. The van der Waals surface area contributed by atoms with E-state index in [9.17, 15) is 23.3 Å². The molecule has 10 nitrogen and oxygen atoms in total. The van der Waals surface area contributed by atoms with Crippen LogP contribution < -0.4 is 10.0 Å². The highest BCUT2D eigenvalue weighted by molar-refractivity contribution is 7.92. The first-order valence-corrected chi connectivity index (χ1v) is 11.9. The lowest BCUT2D eigenvalue weighted by molar-refractivity contribution is -0.387. The molecule has 0 atom stereocenters. The maximum Gasteiger partial charge on any atom is 0.289 e. The number of para-hydroxylation sites is 2. The quantitative estimate of drug-likeness (QED) is 0.289. The maximum atomic E-state index is 12.8. The van der Waals surface area contributed by atoms with Gasteiger partial charge in [0.25, 0.3) is 21.6 Å². The number of sulfonamides is 1. The van der Waals surface area contributed by atoms with Crippen molar-refractivity contribution in [2.45, 2.75) is 18.7 Å². The van der Waals surface area contributed by atoms with Crippen LogP contribution in [-0.2, 0) is 10.0 Å². The molecule has 11 heteroatoms. The van der Waals surface area contributed by atoms with Gasteiger partial charge in [0.2, 0.25) is 0 Å². The molecule has 0 spiro atoms.